The maximum atomic E-state index is 6.29. The smallest absolute Gasteiger partial charge is 0.0502 e. The third kappa shape index (κ3) is 2.28. The second kappa shape index (κ2) is 5.84. The van der Waals surface area contributed by atoms with Gasteiger partial charge in [0, 0.05) is 25.7 Å². The Morgan fingerprint density at radius 3 is 2.80 bits per heavy atom. The first-order chi connectivity index (χ1) is 9.80. The summed E-state index contributed by atoms with van der Waals surface area (Å²) in [6.45, 7) is 7.67. The molecule has 0 spiro atoms. The topological polar surface area (TPSA) is 32.5 Å². The van der Waals surface area contributed by atoms with Crippen LogP contribution in [0.2, 0.25) is 0 Å². The van der Waals surface area contributed by atoms with Gasteiger partial charge in [-0.2, -0.15) is 0 Å². The zero-order valence-electron chi connectivity index (χ0n) is 12.6. The van der Waals surface area contributed by atoms with Gasteiger partial charge in [0.05, 0.1) is 5.54 Å². The fraction of sp³-hybridized carbons (Fsp3) is 0.647. The van der Waals surface area contributed by atoms with Gasteiger partial charge < -0.3 is 5.73 Å². The van der Waals surface area contributed by atoms with Crippen LogP contribution in [0.1, 0.15) is 31.7 Å². The Kier molecular flexibility index (Phi) is 4.11. The van der Waals surface area contributed by atoms with E-state index in [1.165, 1.54) is 37.9 Å². The standard InChI is InChI=1S/C17H27N3/c1-2-20(13-15-7-4-3-5-8-15)17(14-18)10-12-19-11-6-9-16(17)19/h3-5,7-8,16H,2,6,9-14,18H2,1H3. The minimum absolute atomic E-state index is 0.196. The minimum atomic E-state index is 0.196. The van der Waals surface area contributed by atoms with E-state index in [-0.39, 0.29) is 5.54 Å². The van der Waals surface area contributed by atoms with E-state index in [1.807, 2.05) is 0 Å². The van der Waals surface area contributed by atoms with Gasteiger partial charge in [-0.05, 0) is 37.9 Å². The van der Waals surface area contributed by atoms with E-state index >= 15 is 0 Å². The quantitative estimate of drug-likeness (QED) is 0.891. The molecule has 3 nitrogen and oxygen atoms in total. The minimum Gasteiger partial charge on any atom is -0.329 e. The number of nitrogens with zero attached hydrogens (tertiary/aromatic N) is 2. The van der Waals surface area contributed by atoms with Gasteiger partial charge in [0.25, 0.3) is 0 Å². The van der Waals surface area contributed by atoms with E-state index in [1.54, 1.807) is 0 Å². The summed E-state index contributed by atoms with van der Waals surface area (Å²) in [6.07, 6.45) is 3.90. The summed E-state index contributed by atoms with van der Waals surface area (Å²) in [5.41, 5.74) is 7.88. The molecule has 2 aliphatic heterocycles. The number of rotatable bonds is 5. The first-order valence-corrected chi connectivity index (χ1v) is 8.03. The molecule has 0 bridgehead atoms. The maximum Gasteiger partial charge on any atom is 0.0502 e. The number of fused-ring (bicyclic) bond motifs is 1. The fourth-order valence-electron chi connectivity index (χ4n) is 4.33. The Morgan fingerprint density at radius 2 is 2.10 bits per heavy atom. The number of hydrogen-bond donors (Lipinski definition) is 1. The van der Waals surface area contributed by atoms with E-state index in [9.17, 15) is 0 Å². The van der Waals surface area contributed by atoms with E-state index < -0.39 is 0 Å². The molecular formula is C17H27N3. The van der Waals surface area contributed by atoms with Gasteiger partial charge in [0.1, 0.15) is 0 Å². The molecule has 110 valence electrons. The Balaban J connectivity index is 1.83. The number of hydrogen-bond acceptors (Lipinski definition) is 3. The summed E-state index contributed by atoms with van der Waals surface area (Å²) >= 11 is 0. The molecule has 2 fully saturated rings. The average Bonchev–Trinajstić information content (AvgIpc) is 3.08. The van der Waals surface area contributed by atoms with Gasteiger partial charge in [0.15, 0.2) is 0 Å². The molecule has 1 aromatic rings. The lowest BCUT2D eigenvalue weighted by Crippen LogP contribution is -2.59. The summed E-state index contributed by atoms with van der Waals surface area (Å²) in [7, 11) is 0. The Hall–Kier alpha value is -0.900. The lowest BCUT2D eigenvalue weighted by Gasteiger charge is -2.44. The van der Waals surface area contributed by atoms with Crippen molar-refractivity contribution < 1.29 is 0 Å². The normalized spacial score (nSPS) is 30.1. The van der Waals surface area contributed by atoms with Crippen LogP contribution in [0.4, 0.5) is 0 Å². The van der Waals surface area contributed by atoms with Crippen LogP contribution in [0.5, 0.6) is 0 Å². The molecule has 0 radical (unpaired) electrons. The number of likely N-dealkylation sites (N-methyl/N-ethyl adjacent to an activating group) is 1. The lowest BCUT2D eigenvalue weighted by molar-refractivity contribution is 0.0628. The highest BCUT2D eigenvalue weighted by Gasteiger charge is 2.51. The SMILES string of the molecule is CCN(Cc1ccccc1)C1(CN)CCN2CCCC21. The molecule has 0 saturated carbocycles. The Bertz CT molecular complexity index is 433. The lowest BCUT2D eigenvalue weighted by atomic mass is 9.86. The van der Waals surface area contributed by atoms with E-state index in [0.29, 0.717) is 6.04 Å². The highest BCUT2D eigenvalue weighted by Crippen LogP contribution is 2.40. The zero-order chi connectivity index (χ0) is 14.0. The monoisotopic (exact) mass is 273 g/mol. The highest BCUT2D eigenvalue weighted by molar-refractivity contribution is 5.17. The molecule has 3 rings (SSSR count). The first kappa shape index (κ1) is 14.1. The predicted octanol–water partition coefficient (Wildman–Crippen LogP) is 2.07. The molecule has 2 heterocycles. The molecule has 2 unspecified atom stereocenters. The maximum absolute atomic E-state index is 6.29. The highest BCUT2D eigenvalue weighted by atomic mass is 15.3. The molecule has 2 aliphatic rings. The van der Waals surface area contributed by atoms with Crippen LogP contribution in [0.3, 0.4) is 0 Å². The molecule has 2 saturated heterocycles. The molecule has 0 aromatic heterocycles. The van der Waals surface area contributed by atoms with Crippen molar-refractivity contribution in [2.75, 3.05) is 26.2 Å². The van der Waals surface area contributed by atoms with Crippen LogP contribution in [0.15, 0.2) is 30.3 Å². The average molecular weight is 273 g/mol. The van der Waals surface area contributed by atoms with Crippen LogP contribution < -0.4 is 5.73 Å². The molecule has 2 atom stereocenters. The van der Waals surface area contributed by atoms with Gasteiger partial charge in [-0.15, -0.1) is 0 Å². The van der Waals surface area contributed by atoms with Crippen molar-refractivity contribution >= 4 is 0 Å². The van der Waals surface area contributed by atoms with Gasteiger partial charge in [-0.25, -0.2) is 0 Å². The van der Waals surface area contributed by atoms with Crippen LogP contribution in [-0.4, -0.2) is 47.6 Å². The van der Waals surface area contributed by atoms with Crippen molar-refractivity contribution in [2.24, 2.45) is 5.73 Å². The van der Waals surface area contributed by atoms with Crippen molar-refractivity contribution in [1.29, 1.82) is 0 Å². The molecule has 0 amide bonds. The van der Waals surface area contributed by atoms with Gasteiger partial charge in [-0.1, -0.05) is 37.3 Å². The number of benzene rings is 1. The van der Waals surface area contributed by atoms with E-state index in [2.05, 4.69) is 47.1 Å². The van der Waals surface area contributed by atoms with Gasteiger partial charge in [0.2, 0.25) is 0 Å². The summed E-state index contributed by atoms with van der Waals surface area (Å²) in [6, 6.07) is 11.5. The third-order valence-electron chi connectivity index (χ3n) is 5.40. The second-order valence-electron chi connectivity index (χ2n) is 6.25. The molecular weight excluding hydrogens is 246 g/mol. The molecule has 20 heavy (non-hydrogen) atoms. The number of nitrogens with two attached hydrogens (primary N) is 1. The van der Waals surface area contributed by atoms with E-state index in [0.717, 1.165) is 19.6 Å². The molecule has 0 aliphatic carbocycles. The Labute approximate surface area is 122 Å². The zero-order valence-corrected chi connectivity index (χ0v) is 12.6. The first-order valence-electron chi connectivity index (χ1n) is 8.03. The second-order valence-corrected chi connectivity index (χ2v) is 6.25. The molecule has 3 heteroatoms. The predicted molar refractivity (Wildman–Crippen MR) is 83.5 cm³/mol. The summed E-state index contributed by atoms with van der Waals surface area (Å²) in [5.74, 6) is 0. The van der Waals surface area contributed by atoms with Crippen molar-refractivity contribution in [3.8, 4) is 0 Å². The third-order valence-corrected chi connectivity index (χ3v) is 5.40. The van der Waals surface area contributed by atoms with Gasteiger partial charge in [-0.3, -0.25) is 9.80 Å². The summed E-state index contributed by atoms with van der Waals surface area (Å²) in [5, 5.41) is 0. The van der Waals surface area contributed by atoms with Crippen molar-refractivity contribution in [1.82, 2.24) is 9.80 Å². The summed E-state index contributed by atoms with van der Waals surface area (Å²) in [4.78, 5) is 5.30. The largest absolute Gasteiger partial charge is 0.329 e. The summed E-state index contributed by atoms with van der Waals surface area (Å²) < 4.78 is 0. The molecule has 1 aromatic carbocycles. The van der Waals surface area contributed by atoms with Crippen molar-refractivity contribution in [3.63, 3.8) is 0 Å². The molecule has 2 N–H and O–H groups in total. The van der Waals surface area contributed by atoms with Crippen LogP contribution in [-0.2, 0) is 6.54 Å². The van der Waals surface area contributed by atoms with Crippen LogP contribution in [0, 0.1) is 0 Å². The fourth-order valence-corrected chi connectivity index (χ4v) is 4.33. The van der Waals surface area contributed by atoms with Crippen LogP contribution >= 0.6 is 0 Å². The Morgan fingerprint density at radius 1 is 1.30 bits per heavy atom. The van der Waals surface area contributed by atoms with Crippen molar-refractivity contribution in [3.05, 3.63) is 35.9 Å². The van der Waals surface area contributed by atoms with E-state index in [4.69, 9.17) is 5.73 Å². The van der Waals surface area contributed by atoms with Gasteiger partial charge >= 0.3 is 0 Å². The van der Waals surface area contributed by atoms with Crippen molar-refractivity contribution in [2.45, 2.75) is 44.3 Å². The van der Waals surface area contributed by atoms with Crippen LogP contribution in [0.25, 0.3) is 0 Å².